The van der Waals surface area contributed by atoms with Gasteiger partial charge in [0.2, 0.25) is 0 Å². The molecule has 0 saturated carbocycles. The molecule has 18 heavy (non-hydrogen) atoms. The molecular weight excluding hydrogens is 252 g/mol. The Hall–Kier alpha value is -0.610. The first-order valence-corrected chi connectivity index (χ1v) is 7.51. The van der Waals surface area contributed by atoms with Crippen molar-refractivity contribution < 1.29 is 8.78 Å². The van der Waals surface area contributed by atoms with Crippen LogP contribution in [-0.4, -0.2) is 17.5 Å². The van der Waals surface area contributed by atoms with Crippen LogP contribution in [0, 0.1) is 11.6 Å². The van der Waals surface area contributed by atoms with Crippen molar-refractivity contribution in [3.63, 3.8) is 0 Å². The summed E-state index contributed by atoms with van der Waals surface area (Å²) in [6.45, 7) is 2.81. The van der Waals surface area contributed by atoms with E-state index in [1.807, 2.05) is 18.7 Å². The molecule has 1 aliphatic rings. The molecule has 0 spiro atoms. The van der Waals surface area contributed by atoms with Crippen LogP contribution in [0.1, 0.15) is 37.8 Å². The number of hydrogen-bond acceptors (Lipinski definition) is 2. The molecule has 0 bridgehead atoms. The first kappa shape index (κ1) is 13.8. The first-order chi connectivity index (χ1) is 8.66. The predicted molar refractivity (Wildman–Crippen MR) is 72.9 cm³/mol. The highest BCUT2D eigenvalue weighted by Gasteiger charge is 2.16. The summed E-state index contributed by atoms with van der Waals surface area (Å²) in [5.74, 6) is 0.239. The number of nitrogens with one attached hydrogen (secondary N) is 1. The molecule has 1 aliphatic heterocycles. The van der Waals surface area contributed by atoms with Crippen molar-refractivity contribution in [1.82, 2.24) is 5.32 Å². The molecule has 1 nitrogen and oxygen atoms in total. The van der Waals surface area contributed by atoms with Crippen LogP contribution in [-0.2, 0) is 0 Å². The second kappa shape index (κ2) is 6.53. The molecular formula is C14H19F2NS. The summed E-state index contributed by atoms with van der Waals surface area (Å²) >= 11 is 1.99. The summed E-state index contributed by atoms with van der Waals surface area (Å²) in [5, 5.41) is 3.97. The number of thioether (sulfide) groups is 1. The molecule has 0 radical (unpaired) electrons. The predicted octanol–water partition coefficient (Wildman–Crippen LogP) is 3.90. The van der Waals surface area contributed by atoms with E-state index in [1.54, 1.807) is 0 Å². The third kappa shape index (κ3) is 3.69. The SMILES string of the molecule is CC(NCC1CCCCS1)c1ccc(F)cc1F. The Bertz CT molecular complexity index is 391. The fourth-order valence-electron chi connectivity index (χ4n) is 2.24. The van der Waals surface area contributed by atoms with Crippen LogP contribution < -0.4 is 5.32 Å². The summed E-state index contributed by atoms with van der Waals surface area (Å²) in [7, 11) is 0. The minimum atomic E-state index is -0.522. The molecule has 1 saturated heterocycles. The average molecular weight is 271 g/mol. The van der Waals surface area contributed by atoms with Gasteiger partial charge in [0.15, 0.2) is 0 Å². The van der Waals surface area contributed by atoms with Gasteiger partial charge in [0.25, 0.3) is 0 Å². The van der Waals surface area contributed by atoms with E-state index in [0.717, 1.165) is 12.6 Å². The van der Waals surface area contributed by atoms with Crippen molar-refractivity contribution >= 4 is 11.8 Å². The maximum Gasteiger partial charge on any atom is 0.130 e. The molecule has 100 valence electrons. The number of halogens is 2. The van der Waals surface area contributed by atoms with Gasteiger partial charge in [0.1, 0.15) is 11.6 Å². The number of rotatable bonds is 4. The fourth-order valence-corrected chi connectivity index (χ4v) is 3.49. The van der Waals surface area contributed by atoms with E-state index in [0.29, 0.717) is 10.8 Å². The van der Waals surface area contributed by atoms with Crippen molar-refractivity contribution in [1.29, 1.82) is 0 Å². The van der Waals surface area contributed by atoms with Gasteiger partial charge < -0.3 is 5.32 Å². The molecule has 2 rings (SSSR count). The molecule has 1 aromatic rings. The second-order valence-electron chi connectivity index (χ2n) is 4.78. The molecule has 1 aromatic carbocycles. The van der Waals surface area contributed by atoms with Gasteiger partial charge in [-0.3, -0.25) is 0 Å². The minimum absolute atomic E-state index is 0.0758. The Balaban J connectivity index is 1.88. The van der Waals surface area contributed by atoms with Gasteiger partial charge in [0.05, 0.1) is 0 Å². The average Bonchev–Trinajstić information content (AvgIpc) is 2.37. The molecule has 1 N–H and O–H groups in total. The zero-order valence-electron chi connectivity index (χ0n) is 10.6. The fraction of sp³-hybridized carbons (Fsp3) is 0.571. The topological polar surface area (TPSA) is 12.0 Å². The van der Waals surface area contributed by atoms with Crippen molar-refractivity contribution in [2.45, 2.75) is 37.5 Å². The molecule has 0 aromatic heterocycles. The summed E-state index contributed by atoms with van der Waals surface area (Å²) in [6, 6.07) is 3.71. The van der Waals surface area contributed by atoms with Crippen LogP contribution in [0.15, 0.2) is 18.2 Å². The second-order valence-corrected chi connectivity index (χ2v) is 6.19. The molecule has 1 heterocycles. The molecule has 0 aliphatic carbocycles. The van der Waals surface area contributed by atoms with Gasteiger partial charge in [-0.25, -0.2) is 8.78 Å². The van der Waals surface area contributed by atoms with E-state index in [1.165, 1.54) is 37.1 Å². The van der Waals surface area contributed by atoms with Crippen molar-refractivity contribution in [2.75, 3.05) is 12.3 Å². The van der Waals surface area contributed by atoms with E-state index < -0.39 is 11.6 Å². The first-order valence-electron chi connectivity index (χ1n) is 6.47. The van der Waals surface area contributed by atoms with E-state index in [9.17, 15) is 8.78 Å². The molecule has 0 amide bonds. The highest BCUT2D eigenvalue weighted by molar-refractivity contribution is 7.99. The Morgan fingerprint density at radius 3 is 2.89 bits per heavy atom. The third-order valence-electron chi connectivity index (χ3n) is 3.35. The maximum absolute atomic E-state index is 13.6. The highest BCUT2D eigenvalue weighted by Crippen LogP contribution is 2.25. The molecule has 2 atom stereocenters. The number of benzene rings is 1. The lowest BCUT2D eigenvalue weighted by Crippen LogP contribution is -2.29. The van der Waals surface area contributed by atoms with E-state index >= 15 is 0 Å². The lowest BCUT2D eigenvalue weighted by molar-refractivity contribution is 0.505. The van der Waals surface area contributed by atoms with E-state index in [2.05, 4.69) is 5.32 Å². The maximum atomic E-state index is 13.6. The minimum Gasteiger partial charge on any atom is -0.309 e. The summed E-state index contributed by atoms with van der Waals surface area (Å²) in [4.78, 5) is 0. The summed E-state index contributed by atoms with van der Waals surface area (Å²) in [6.07, 6.45) is 3.83. The smallest absolute Gasteiger partial charge is 0.130 e. The largest absolute Gasteiger partial charge is 0.309 e. The molecule has 1 fully saturated rings. The normalized spacial score (nSPS) is 21.8. The lowest BCUT2D eigenvalue weighted by atomic mass is 10.1. The van der Waals surface area contributed by atoms with Gasteiger partial charge >= 0.3 is 0 Å². The summed E-state index contributed by atoms with van der Waals surface area (Å²) in [5.41, 5.74) is 0.539. The van der Waals surface area contributed by atoms with E-state index in [4.69, 9.17) is 0 Å². The highest BCUT2D eigenvalue weighted by atomic mass is 32.2. The van der Waals surface area contributed by atoms with Crippen LogP contribution in [0.2, 0.25) is 0 Å². The van der Waals surface area contributed by atoms with Crippen molar-refractivity contribution in [3.05, 3.63) is 35.4 Å². The molecule has 4 heteroatoms. The Morgan fingerprint density at radius 1 is 1.39 bits per heavy atom. The zero-order valence-corrected chi connectivity index (χ0v) is 11.4. The monoisotopic (exact) mass is 271 g/mol. The van der Waals surface area contributed by atoms with Gasteiger partial charge in [-0.1, -0.05) is 12.5 Å². The Morgan fingerprint density at radius 2 is 2.22 bits per heavy atom. The van der Waals surface area contributed by atoms with Gasteiger partial charge in [-0.2, -0.15) is 11.8 Å². The van der Waals surface area contributed by atoms with Gasteiger partial charge in [0, 0.05) is 29.5 Å². The standard InChI is InChI=1S/C14H19F2NS/c1-10(13-6-5-11(15)8-14(13)16)17-9-12-4-2-3-7-18-12/h5-6,8,10,12,17H,2-4,7,9H2,1H3. The van der Waals surface area contributed by atoms with Crippen LogP contribution in [0.3, 0.4) is 0 Å². The van der Waals surface area contributed by atoms with Crippen LogP contribution in [0.25, 0.3) is 0 Å². The van der Waals surface area contributed by atoms with Gasteiger partial charge in [-0.15, -0.1) is 0 Å². The van der Waals surface area contributed by atoms with E-state index in [-0.39, 0.29) is 6.04 Å². The number of hydrogen-bond donors (Lipinski definition) is 1. The Labute approximate surface area is 111 Å². The van der Waals surface area contributed by atoms with Crippen molar-refractivity contribution in [3.8, 4) is 0 Å². The quantitative estimate of drug-likeness (QED) is 0.891. The van der Waals surface area contributed by atoms with Crippen LogP contribution in [0.4, 0.5) is 8.78 Å². The lowest BCUT2D eigenvalue weighted by Gasteiger charge is -2.24. The Kier molecular flexibility index (Phi) is 5.01. The molecule has 2 unspecified atom stereocenters. The van der Waals surface area contributed by atoms with Crippen LogP contribution in [0.5, 0.6) is 0 Å². The zero-order chi connectivity index (χ0) is 13.0. The third-order valence-corrected chi connectivity index (χ3v) is 4.75. The summed E-state index contributed by atoms with van der Waals surface area (Å²) < 4.78 is 26.4. The van der Waals surface area contributed by atoms with Crippen molar-refractivity contribution in [2.24, 2.45) is 0 Å². The van der Waals surface area contributed by atoms with Crippen LogP contribution >= 0.6 is 11.8 Å². The van der Waals surface area contributed by atoms with Gasteiger partial charge in [-0.05, 0) is 31.6 Å².